The van der Waals surface area contributed by atoms with Crippen LogP contribution in [-0.2, 0) is 0 Å². The molecule has 1 unspecified atom stereocenters. The molecule has 1 aliphatic carbocycles. The molecule has 0 aromatic heterocycles. The van der Waals surface area contributed by atoms with Crippen LogP contribution < -0.4 is 5.32 Å². The van der Waals surface area contributed by atoms with Gasteiger partial charge in [-0.1, -0.05) is 6.92 Å². The first-order valence-corrected chi connectivity index (χ1v) is 5.23. The van der Waals surface area contributed by atoms with Gasteiger partial charge in [0.25, 0.3) is 0 Å². The number of hydrogen-bond donors (Lipinski definition) is 1. The molecule has 15 heavy (non-hydrogen) atoms. The van der Waals surface area contributed by atoms with Crippen LogP contribution in [0.3, 0.4) is 0 Å². The molecule has 1 N–H and O–H groups in total. The van der Waals surface area contributed by atoms with Gasteiger partial charge < -0.3 is 5.32 Å². The number of benzene rings is 1. The van der Waals surface area contributed by atoms with E-state index < -0.39 is 11.6 Å². The van der Waals surface area contributed by atoms with Crippen LogP contribution in [-0.4, -0.2) is 6.04 Å². The zero-order chi connectivity index (χ0) is 11.1. The van der Waals surface area contributed by atoms with Crippen LogP contribution in [0.2, 0.25) is 0 Å². The third-order valence-corrected chi connectivity index (χ3v) is 3.39. The van der Waals surface area contributed by atoms with E-state index in [1.165, 1.54) is 18.9 Å². The molecule has 0 aliphatic heterocycles. The van der Waals surface area contributed by atoms with E-state index >= 15 is 0 Å². The minimum Gasteiger partial charge on any atom is -0.382 e. The number of rotatable bonds is 3. The summed E-state index contributed by atoms with van der Waals surface area (Å²) in [5.41, 5.74) is 0.972. The van der Waals surface area contributed by atoms with Gasteiger partial charge in [-0.15, -0.1) is 0 Å². The van der Waals surface area contributed by atoms with E-state index in [9.17, 15) is 8.78 Å². The van der Waals surface area contributed by atoms with Crippen LogP contribution in [0.4, 0.5) is 14.5 Å². The zero-order valence-electron chi connectivity index (χ0n) is 8.98. The Hall–Kier alpha value is -1.12. The lowest BCUT2D eigenvalue weighted by atomic mass is 10.0. The summed E-state index contributed by atoms with van der Waals surface area (Å²) >= 11 is 0. The molecule has 1 aromatic carbocycles. The maximum absolute atomic E-state index is 12.9. The number of nitrogens with one attached hydrogen (secondary N) is 1. The third-order valence-electron chi connectivity index (χ3n) is 3.39. The van der Waals surface area contributed by atoms with Crippen LogP contribution in [0.25, 0.3) is 0 Å². The van der Waals surface area contributed by atoms with Gasteiger partial charge in [-0.25, -0.2) is 8.78 Å². The monoisotopic (exact) mass is 211 g/mol. The van der Waals surface area contributed by atoms with Gasteiger partial charge in [0.1, 0.15) is 0 Å². The normalized spacial score (nSPS) is 19.7. The molecule has 82 valence electrons. The number of halogens is 2. The van der Waals surface area contributed by atoms with E-state index in [-0.39, 0.29) is 0 Å². The first-order chi connectivity index (χ1) is 7.01. The molecule has 3 heteroatoms. The maximum atomic E-state index is 12.9. The molecule has 0 saturated heterocycles. The SMILES string of the molecule is CC(Nc1ccc(F)c(F)c1)C1(C)CC1. The second-order valence-electron chi connectivity index (χ2n) is 4.65. The van der Waals surface area contributed by atoms with Crippen molar-refractivity contribution in [2.75, 3.05) is 5.32 Å². The van der Waals surface area contributed by atoms with Gasteiger partial charge in [-0.2, -0.15) is 0 Å². The molecule has 1 atom stereocenters. The van der Waals surface area contributed by atoms with Crippen molar-refractivity contribution in [3.63, 3.8) is 0 Å². The van der Waals surface area contributed by atoms with Crippen molar-refractivity contribution in [2.45, 2.75) is 32.7 Å². The van der Waals surface area contributed by atoms with Crippen molar-refractivity contribution < 1.29 is 8.78 Å². The summed E-state index contributed by atoms with van der Waals surface area (Å²) < 4.78 is 25.6. The van der Waals surface area contributed by atoms with Crippen molar-refractivity contribution in [1.82, 2.24) is 0 Å². The quantitative estimate of drug-likeness (QED) is 0.806. The third kappa shape index (κ3) is 2.11. The summed E-state index contributed by atoms with van der Waals surface area (Å²) in [6.45, 7) is 4.28. The van der Waals surface area contributed by atoms with Crippen molar-refractivity contribution >= 4 is 5.69 Å². The average Bonchev–Trinajstić information content (AvgIpc) is 2.92. The Morgan fingerprint density at radius 1 is 1.27 bits per heavy atom. The zero-order valence-corrected chi connectivity index (χ0v) is 8.98. The molecule has 0 amide bonds. The van der Waals surface area contributed by atoms with Crippen molar-refractivity contribution in [3.05, 3.63) is 29.8 Å². The fourth-order valence-electron chi connectivity index (χ4n) is 1.64. The Morgan fingerprint density at radius 3 is 2.47 bits per heavy atom. The van der Waals surface area contributed by atoms with Crippen molar-refractivity contribution in [1.29, 1.82) is 0 Å². The summed E-state index contributed by atoms with van der Waals surface area (Å²) in [6, 6.07) is 4.22. The largest absolute Gasteiger partial charge is 0.382 e. The van der Waals surface area contributed by atoms with Gasteiger partial charge in [0.05, 0.1) is 0 Å². The Balaban J connectivity index is 2.07. The van der Waals surface area contributed by atoms with E-state index in [1.807, 2.05) is 0 Å². The topological polar surface area (TPSA) is 12.0 Å². The lowest BCUT2D eigenvalue weighted by Gasteiger charge is -2.21. The maximum Gasteiger partial charge on any atom is 0.160 e. The van der Waals surface area contributed by atoms with E-state index in [0.29, 0.717) is 17.1 Å². The molecule has 1 nitrogen and oxygen atoms in total. The summed E-state index contributed by atoms with van der Waals surface area (Å²) in [5.74, 6) is -1.60. The fraction of sp³-hybridized carbons (Fsp3) is 0.500. The first-order valence-electron chi connectivity index (χ1n) is 5.23. The van der Waals surface area contributed by atoms with Crippen molar-refractivity contribution in [2.24, 2.45) is 5.41 Å². The highest BCUT2D eigenvalue weighted by molar-refractivity contribution is 5.45. The second kappa shape index (κ2) is 3.47. The predicted molar refractivity (Wildman–Crippen MR) is 56.8 cm³/mol. The van der Waals surface area contributed by atoms with Crippen molar-refractivity contribution in [3.8, 4) is 0 Å². The fourth-order valence-corrected chi connectivity index (χ4v) is 1.64. The molecule has 0 radical (unpaired) electrons. The Labute approximate surface area is 88.5 Å². The first kappa shape index (κ1) is 10.4. The highest BCUT2D eigenvalue weighted by Gasteiger charge is 2.42. The molecule has 1 aromatic rings. The van der Waals surface area contributed by atoms with Gasteiger partial charge in [-0.05, 0) is 37.3 Å². The molecule has 0 spiro atoms. The Morgan fingerprint density at radius 2 is 1.93 bits per heavy atom. The van der Waals surface area contributed by atoms with Gasteiger partial charge in [-0.3, -0.25) is 0 Å². The van der Waals surface area contributed by atoms with E-state index in [0.717, 1.165) is 6.07 Å². The summed E-state index contributed by atoms with van der Waals surface area (Å²) in [4.78, 5) is 0. The standard InChI is InChI=1S/C12H15F2N/c1-8(12(2)5-6-12)15-9-3-4-10(13)11(14)7-9/h3-4,7-8,15H,5-6H2,1-2H3. The molecular weight excluding hydrogens is 196 g/mol. The highest BCUT2D eigenvalue weighted by atomic mass is 19.2. The summed E-state index contributed by atoms with van der Waals surface area (Å²) in [6.07, 6.45) is 2.40. The molecule has 0 bridgehead atoms. The molecule has 2 rings (SSSR count). The minimum atomic E-state index is -0.800. The summed E-state index contributed by atoms with van der Waals surface area (Å²) in [5, 5.41) is 3.21. The Kier molecular flexibility index (Phi) is 2.41. The lowest BCUT2D eigenvalue weighted by Crippen LogP contribution is -2.24. The number of hydrogen-bond acceptors (Lipinski definition) is 1. The second-order valence-corrected chi connectivity index (χ2v) is 4.65. The molecule has 0 heterocycles. The molecule has 1 fully saturated rings. The van der Waals surface area contributed by atoms with Gasteiger partial charge in [0, 0.05) is 17.8 Å². The van der Waals surface area contributed by atoms with Gasteiger partial charge in [0.2, 0.25) is 0 Å². The average molecular weight is 211 g/mol. The van der Waals surface area contributed by atoms with Gasteiger partial charge >= 0.3 is 0 Å². The highest BCUT2D eigenvalue weighted by Crippen LogP contribution is 2.48. The van der Waals surface area contributed by atoms with Crippen LogP contribution in [0.15, 0.2) is 18.2 Å². The molecule has 1 saturated carbocycles. The smallest absolute Gasteiger partial charge is 0.160 e. The van der Waals surface area contributed by atoms with E-state index in [2.05, 4.69) is 19.2 Å². The van der Waals surface area contributed by atoms with E-state index in [1.54, 1.807) is 6.07 Å². The van der Waals surface area contributed by atoms with Crippen LogP contribution in [0.5, 0.6) is 0 Å². The summed E-state index contributed by atoms with van der Waals surface area (Å²) in [7, 11) is 0. The van der Waals surface area contributed by atoms with Crippen LogP contribution >= 0.6 is 0 Å². The molecule has 1 aliphatic rings. The Bertz CT molecular complexity index is 372. The van der Waals surface area contributed by atoms with E-state index in [4.69, 9.17) is 0 Å². The number of anilines is 1. The molecular formula is C12H15F2N. The van der Waals surface area contributed by atoms with Gasteiger partial charge in [0.15, 0.2) is 11.6 Å². The van der Waals surface area contributed by atoms with Crippen LogP contribution in [0, 0.1) is 17.0 Å². The van der Waals surface area contributed by atoms with Crippen LogP contribution in [0.1, 0.15) is 26.7 Å². The minimum absolute atomic E-state index is 0.294. The predicted octanol–water partition coefficient (Wildman–Crippen LogP) is 3.57. The lowest BCUT2D eigenvalue weighted by molar-refractivity contribution is 0.490.